The second-order valence-electron chi connectivity index (χ2n) is 18.1. The first kappa shape index (κ1) is 39.2. The predicted molar refractivity (Wildman–Crippen MR) is 186 cm³/mol. The van der Waals surface area contributed by atoms with Crippen LogP contribution in [-0.4, -0.2) is 96.6 Å². The summed E-state index contributed by atoms with van der Waals surface area (Å²) in [6.45, 7) is 18.2. The Morgan fingerprint density at radius 2 is 1.55 bits per heavy atom. The Balaban J connectivity index is 1.36. The fourth-order valence-corrected chi connectivity index (χ4v) is 12.0. The van der Waals surface area contributed by atoms with Gasteiger partial charge in [0.1, 0.15) is 18.3 Å². The van der Waals surface area contributed by atoms with Gasteiger partial charge >= 0.3 is 0 Å². The maximum Gasteiger partial charge on any atom is 0.220 e. The van der Waals surface area contributed by atoms with Crippen LogP contribution in [0.15, 0.2) is 0 Å². The van der Waals surface area contributed by atoms with Gasteiger partial charge in [0.2, 0.25) is 5.91 Å². The summed E-state index contributed by atoms with van der Waals surface area (Å²) in [5.41, 5.74) is 0.560. The number of methoxy groups -OCH3 is 1. The van der Waals surface area contributed by atoms with E-state index in [1.807, 2.05) is 7.11 Å². The molecular weight excluding hydrogens is 614 g/mol. The zero-order chi connectivity index (χ0) is 35.1. The van der Waals surface area contributed by atoms with E-state index < -0.39 is 39.3 Å². The van der Waals surface area contributed by atoms with Crippen LogP contribution in [0.5, 0.6) is 0 Å². The lowest BCUT2D eigenvalue weighted by Gasteiger charge is -2.63. The second-order valence-corrected chi connectivity index (χ2v) is 22.9. The first-order valence-electron chi connectivity index (χ1n) is 18.6. The molecule has 0 heterocycles. The molecule has 9 nitrogen and oxygen atoms in total. The van der Waals surface area contributed by atoms with Gasteiger partial charge in [-0.1, -0.05) is 41.5 Å². The summed E-state index contributed by atoms with van der Waals surface area (Å²) >= 11 is 0. The van der Waals surface area contributed by atoms with Crippen molar-refractivity contribution in [2.45, 2.75) is 161 Å². The molecule has 0 saturated heterocycles. The molecule has 0 unspecified atom stereocenters. The van der Waals surface area contributed by atoms with Crippen molar-refractivity contribution in [3.63, 3.8) is 0 Å². The molecule has 4 rings (SSSR count). The maximum absolute atomic E-state index is 12.7. The van der Waals surface area contributed by atoms with Crippen molar-refractivity contribution in [3.05, 3.63) is 0 Å². The van der Waals surface area contributed by atoms with Crippen LogP contribution in [0.1, 0.15) is 106 Å². The second kappa shape index (κ2) is 14.9. The van der Waals surface area contributed by atoms with Gasteiger partial charge in [-0.3, -0.25) is 4.79 Å². The highest BCUT2D eigenvalue weighted by Crippen LogP contribution is 2.69. The zero-order valence-corrected chi connectivity index (χ0v) is 31.9. The van der Waals surface area contributed by atoms with Crippen molar-refractivity contribution in [3.8, 4) is 0 Å². The number of aliphatic hydroxyl groups excluding tert-OH is 5. The fraction of sp³-hybridized carbons (Fsp3) is 0.973. The highest BCUT2D eigenvalue weighted by Gasteiger charge is 2.63. The Morgan fingerprint density at radius 3 is 2.17 bits per heavy atom. The van der Waals surface area contributed by atoms with E-state index in [1.54, 1.807) is 0 Å². The van der Waals surface area contributed by atoms with Crippen molar-refractivity contribution in [1.29, 1.82) is 0 Å². The number of carbonyl (C=O) groups excluding carboxylic acids is 1. The molecule has 0 radical (unpaired) electrons. The van der Waals surface area contributed by atoms with E-state index >= 15 is 0 Å². The Labute approximate surface area is 285 Å². The number of nitrogens with one attached hydrogen (secondary N) is 1. The van der Waals surface area contributed by atoms with Crippen molar-refractivity contribution < 1.29 is 39.5 Å². The summed E-state index contributed by atoms with van der Waals surface area (Å²) in [6.07, 6.45) is 4.93. The van der Waals surface area contributed by atoms with Crippen LogP contribution in [0, 0.1) is 46.3 Å². The number of rotatable bonds is 13. The topological polar surface area (TPSA) is 149 Å². The predicted octanol–water partition coefficient (Wildman–Crippen LogP) is 4.63. The van der Waals surface area contributed by atoms with Crippen LogP contribution >= 0.6 is 0 Å². The zero-order valence-electron chi connectivity index (χ0n) is 30.9. The van der Waals surface area contributed by atoms with E-state index in [1.165, 1.54) is 38.5 Å². The number of amides is 1. The van der Waals surface area contributed by atoms with Crippen LogP contribution in [-0.2, 0) is 14.0 Å². The third-order valence-corrected chi connectivity index (χ3v) is 19.1. The first-order valence-corrected chi connectivity index (χ1v) is 21.5. The van der Waals surface area contributed by atoms with Crippen LogP contribution in [0.2, 0.25) is 18.1 Å². The monoisotopic (exact) mass is 683 g/mol. The molecule has 0 spiro atoms. The number of hydrogen-bond donors (Lipinski definition) is 6. The molecule has 274 valence electrons. The third-order valence-electron chi connectivity index (χ3n) is 14.6. The summed E-state index contributed by atoms with van der Waals surface area (Å²) in [7, 11) is 0.113. The molecule has 4 saturated carbocycles. The molecule has 0 aromatic carbocycles. The van der Waals surface area contributed by atoms with Crippen LogP contribution in [0.4, 0.5) is 0 Å². The normalized spacial score (nSPS) is 39.1. The molecule has 0 aromatic heterocycles. The van der Waals surface area contributed by atoms with Gasteiger partial charge in [-0.2, -0.15) is 0 Å². The summed E-state index contributed by atoms with van der Waals surface area (Å²) < 4.78 is 13.4. The van der Waals surface area contributed by atoms with Gasteiger partial charge in [-0.25, -0.2) is 0 Å². The van der Waals surface area contributed by atoms with Crippen LogP contribution in [0.3, 0.4) is 0 Å². The number of aliphatic hydroxyl groups is 5. The largest absolute Gasteiger partial charge is 0.414 e. The smallest absolute Gasteiger partial charge is 0.220 e. The number of carbonyl (C=O) groups is 1. The summed E-state index contributed by atoms with van der Waals surface area (Å²) in [5, 5.41) is 51.4. The Bertz CT molecular complexity index is 1050. The molecule has 0 aromatic rings. The fourth-order valence-electron chi connectivity index (χ4n) is 10.6. The van der Waals surface area contributed by atoms with Gasteiger partial charge in [0.15, 0.2) is 8.32 Å². The molecule has 4 aliphatic rings. The lowest BCUT2D eigenvalue weighted by Crippen LogP contribution is -2.59. The molecular formula is C37H69NO8Si. The summed E-state index contributed by atoms with van der Waals surface area (Å²) in [5.74, 6) is 3.23. The van der Waals surface area contributed by atoms with Crippen molar-refractivity contribution in [1.82, 2.24) is 5.32 Å². The first-order chi connectivity index (χ1) is 21.8. The molecule has 14 atom stereocenters. The van der Waals surface area contributed by atoms with E-state index in [9.17, 15) is 25.2 Å². The third kappa shape index (κ3) is 7.85. The maximum atomic E-state index is 12.7. The number of fused-ring (bicyclic) bond motifs is 5. The molecule has 0 bridgehead atoms. The van der Waals surface area contributed by atoms with Gasteiger partial charge < -0.3 is 40.0 Å². The van der Waals surface area contributed by atoms with Crippen molar-refractivity contribution in [2.75, 3.05) is 20.3 Å². The number of ether oxygens (including phenoxy) is 1. The van der Waals surface area contributed by atoms with Gasteiger partial charge in [-0.05, 0) is 122 Å². The lowest BCUT2D eigenvalue weighted by molar-refractivity contribution is -0.181. The average molecular weight is 684 g/mol. The summed E-state index contributed by atoms with van der Waals surface area (Å²) in [6, 6.07) is 0. The molecule has 6 N–H and O–H groups in total. The number of hydrogen-bond acceptors (Lipinski definition) is 8. The van der Waals surface area contributed by atoms with E-state index in [2.05, 4.69) is 60.0 Å². The molecule has 10 heteroatoms. The Kier molecular flexibility index (Phi) is 12.5. The SMILES string of the molecule is CO[C@@H]1C[C@@H]2C[C@H](O[Si](C)(C)C(C)(C)C)CC[C@]2(C)[C@H]2CC[C@]3(C)[C@@H]([C@H](C)CCC(=O)NC[C@H](O)[C@@H](O)[C@H](O)[C@H](O)CO)CC[C@H]3[C@H]12. The standard InChI is InChI=1S/C37H69NO8Si/c1-22(10-13-31(42)38-20-28(40)33(43)34(44)29(41)21-39)25-11-12-26-32-27(15-17-37(25,26)6)36(5)16-14-24(18-23(36)19-30(32)45-7)46-47(8,9)35(2,3)4/h22-30,32-34,39-41,43-44H,10-21H2,1-9H3,(H,38,42)/t22-,23+,24-,25-,26+,27+,28+,29-,30-,32+,33-,34-,36+,37-/m1/s1. The molecule has 4 aliphatic carbocycles. The Hall–Kier alpha value is -0.593. The van der Waals surface area contributed by atoms with Crippen LogP contribution < -0.4 is 5.32 Å². The van der Waals surface area contributed by atoms with E-state index in [0.29, 0.717) is 53.4 Å². The van der Waals surface area contributed by atoms with Gasteiger partial charge in [0.05, 0.1) is 18.8 Å². The minimum absolute atomic E-state index is 0.206. The molecule has 47 heavy (non-hydrogen) atoms. The van der Waals surface area contributed by atoms with Gasteiger partial charge in [0, 0.05) is 26.2 Å². The molecule has 0 aliphatic heterocycles. The quantitative estimate of drug-likeness (QED) is 0.154. The van der Waals surface area contributed by atoms with E-state index in [4.69, 9.17) is 14.3 Å². The van der Waals surface area contributed by atoms with E-state index in [0.717, 1.165) is 19.3 Å². The highest BCUT2D eigenvalue weighted by atomic mass is 28.4. The van der Waals surface area contributed by atoms with Gasteiger partial charge in [0.25, 0.3) is 0 Å². The summed E-state index contributed by atoms with van der Waals surface area (Å²) in [4.78, 5) is 12.7. The molecule has 1 amide bonds. The molecule has 4 fully saturated rings. The average Bonchev–Trinajstić information content (AvgIpc) is 3.37. The highest BCUT2D eigenvalue weighted by molar-refractivity contribution is 6.74. The Morgan fingerprint density at radius 1 is 0.936 bits per heavy atom. The van der Waals surface area contributed by atoms with E-state index in [-0.39, 0.29) is 29.0 Å². The minimum atomic E-state index is -1.82. The van der Waals surface area contributed by atoms with Crippen LogP contribution in [0.25, 0.3) is 0 Å². The van der Waals surface area contributed by atoms with Gasteiger partial charge in [-0.15, -0.1) is 0 Å². The van der Waals surface area contributed by atoms with Crippen molar-refractivity contribution in [2.24, 2.45) is 46.3 Å². The minimum Gasteiger partial charge on any atom is -0.414 e. The van der Waals surface area contributed by atoms with Crippen molar-refractivity contribution >= 4 is 14.2 Å². The lowest BCUT2D eigenvalue weighted by atomic mass is 9.43.